The van der Waals surface area contributed by atoms with Gasteiger partial charge in [0.25, 0.3) is 0 Å². The third-order valence-electron chi connectivity index (χ3n) is 2.31. The molecule has 0 saturated heterocycles. The lowest BCUT2D eigenvalue weighted by atomic mass is 9.96. The summed E-state index contributed by atoms with van der Waals surface area (Å²) in [6.07, 6.45) is 0.462. The Bertz CT molecular complexity index is 271. The van der Waals surface area contributed by atoms with Crippen LogP contribution in [0.4, 0.5) is 0 Å². The van der Waals surface area contributed by atoms with Gasteiger partial charge in [0, 0.05) is 0 Å². The standard InChI is InChI=1S/C11H17NO/c1-3-9-6-4-5-7-10(9)11(12)8(2)13/h4-8,11,13H,3,12H2,1-2H3/t8-,11+/m0/s1. The molecular formula is C11H17NO. The Balaban J connectivity index is 2.98. The molecule has 0 amide bonds. The fraction of sp³-hybridized carbons (Fsp3) is 0.455. The average molecular weight is 179 g/mol. The first-order valence-electron chi connectivity index (χ1n) is 4.68. The van der Waals surface area contributed by atoms with Crippen molar-refractivity contribution < 1.29 is 5.11 Å². The van der Waals surface area contributed by atoms with Crippen molar-refractivity contribution in [3.8, 4) is 0 Å². The molecule has 2 heteroatoms. The minimum absolute atomic E-state index is 0.267. The molecule has 0 aliphatic rings. The number of aliphatic hydroxyl groups excluding tert-OH is 1. The Kier molecular flexibility index (Phi) is 3.46. The number of hydrogen-bond acceptors (Lipinski definition) is 2. The van der Waals surface area contributed by atoms with E-state index in [-0.39, 0.29) is 6.04 Å². The second-order valence-electron chi connectivity index (χ2n) is 3.32. The van der Waals surface area contributed by atoms with Crippen LogP contribution in [0, 0.1) is 0 Å². The molecule has 0 spiro atoms. The molecule has 0 aromatic heterocycles. The van der Waals surface area contributed by atoms with Crippen molar-refractivity contribution in [2.75, 3.05) is 0 Å². The van der Waals surface area contributed by atoms with Gasteiger partial charge in [0.05, 0.1) is 12.1 Å². The maximum Gasteiger partial charge on any atom is 0.0704 e. The molecule has 0 heterocycles. The zero-order valence-electron chi connectivity index (χ0n) is 8.20. The number of benzene rings is 1. The first kappa shape index (κ1) is 10.2. The van der Waals surface area contributed by atoms with E-state index in [1.54, 1.807) is 6.92 Å². The van der Waals surface area contributed by atoms with Crippen molar-refractivity contribution in [3.63, 3.8) is 0 Å². The quantitative estimate of drug-likeness (QED) is 0.740. The van der Waals surface area contributed by atoms with Gasteiger partial charge in [-0.3, -0.25) is 0 Å². The van der Waals surface area contributed by atoms with Gasteiger partial charge >= 0.3 is 0 Å². The molecular weight excluding hydrogens is 162 g/mol. The first-order valence-corrected chi connectivity index (χ1v) is 4.68. The fourth-order valence-electron chi connectivity index (χ4n) is 1.44. The third-order valence-corrected chi connectivity index (χ3v) is 2.31. The van der Waals surface area contributed by atoms with Crippen LogP contribution in [0.3, 0.4) is 0 Å². The van der Waals surface area contributed by atoms with Crippen molar-refractivity contribution in [1.29, 1.82) is 0 Å². The van der Waals surface area contributed by atoms with E-state index >= 15 is 0 Å². The van der Waals surface area contributed by atoms with Gasteiger partial charge in [0.2, 0.25) is 0 Å². The van der Waals surface area contributed by atoms with Crippen LogP contribution in [-0.2, 0) is 6.42 Å². The monoisotopic (exact) mass is 179 g/mol. The second-order valence-corrected chi connectivity index (χ2v) is 3.32. The molecule has 0 radical (unpaired) electrons. The van der Waals surface area contributed by atoms with Gasteiger partial charge in [0.15, 0.2) is 0 Å². The van der Waals surface area contributed by atoms with E-state index in [1.165, 1.54) is 5.56 Å². The normalized spacial score (nSPS) is 15.4. The van der Waals surface area contributed by atoms with Crippen molar-refractivity contribution in [2.45, 2.75) is 32.4 Å². The van der Waals surface area contributed by atoms with E-state index in [1.807, 2.05) is 18.2 Å². The molecule has 0 aliphatic carbocycles. The summed E-state index contributed by atoms with van der Waals surface area (Å²) in [5.74, 6) is 0. The van der Waals surface area contributed by atoms with Gasteiger partial charge in [-0.25, -0.2) is 0 Å². The molecule has 1 rings (SSSR count). The van der Waals surface area contributed by atoms with Gasteiger partial charge in [-0.1, -0.05) is 31.2 Å². The molecule has 0 aliphatic heterocycles. The molecule has 1 aromatic rings. The van der Waals surface area contributed by atoms with Crippen molar-refractivity contribution in [3.05, 3.63) is 35.4 Å². The largest absolute Gasteiger partial charge is 0.391 e. The minimum Gasteiger partial charge on any atom is -0.391 e. The zero-order chi connectivity index (χ0) is 9.84. The molecule has 0 bridgehead atoms. The first-order chi connectivity index (χ1) is 6.16. The summed E-state index contributed by atoms with van der Waals surface area (Å²) in [5, 5.41) is 9.37. The SMILES string of the molecule is CCc1ccccc1[C@H](N)[C@H](C)O. The summed E-state index contributed by atoms with van der Waals surface area (Å²) in [5.41, 5.74) is 8.14. The third kappa shape index (κ3) is 2.29. The Hall–Kier alpha value is -0.860. The predicted molar refractivity (Wildman–Crippen MR) is 54.4 cm³/mol. The molecule has 0 fully saturated rings. The lowest BCUT2D eigenvalue weighted by molar-refractivity contribution is 0.164. The Morgan fingerprint density at radius 2 is 2.00 bits per heavy atom. The molecule has 13 heavy (non-hydrogen) atoms. The lowest BCUT2D eigenvalue weighted by Crippen LogP contribution is -2.24. The van der Waals surface area contributed by atoms with Gasteiger partial charge in [-0.05, 0) is 24.5 Å². The summed E-state index contributed by atoms with van der Waals surface area (Å²) in [6, 6.07) is 7.72. The summed E-state index contributed by atoms with van der Waals surface area (Å²) in [7, 11) is 0. The minimum atomic E-state index is -0.493. The molecule has 2 nitrogen and oxygen atoms in total. The van der Waals surface area contributed by atoms with E-state index in [2.05, 4.69) is 13.0 Å². The van der Waals surface area contributed by atoms with Crippen LogP contribution in [-0.4, -0.2) is 11.2 Å². The number of aliphatic hydroxyl groups is 1. The van der Waals surface area contributed by atoms with Crippen molar-refractivity contribution >= 4 is 0 Å². The Morgan fingerprint density at radius 1 is 1.38 bits per heavy atom. The Labute approximate surface area is 79.4 Å². The molecule has 1 aromatic carbocycles. The number of aryl methyl sites for hydroxylation is 1. The number of nitrogens with two attached hydrogens (primary N) is 1. The van der Waals surface area contributed by atoms with Crippen LogP contribution in [0.2, 0.25) is 0 Å². The second kappa shape index (κ2) is 4.40. The molecule has 3 N–H and O–H groups in total. The van der Waals surface area contributed by atoms with Crippen molar-refractivity contribution in [2.24, 2.45) is 5.73 Å². The van der Waals surface area contributed by atoms with E-state index in [0.717, 1.165) is 12.0 Å². The summed E-state index contributed by atoms with van der Waals surface area (Å²) < 4.78 is 0. The molecule has 72 valence electrons. The van der Waals surface area contributed by atoms with Crippen molar-refractivity contribution in [1.82, 2.24) is 0 Å². The highest BCUT2D eigenvalue weighted by atomic mass is 16.3. The van der Waals surface area contributed by atoms with Gasteiger partial charge < -0.3 is 10.8 Å². The number of hydrogen-bond donors (Lipinski definition) is 2. The summed E-state index contributed by atoms with van der Waals surface area (Å²) in [6.45, 7) is 3.81. The number of rotatable bonds is 3. The van der Waals surface area contributed by atoms with E-state index in [0.29, 0.717) is 0 Å². The predicted octanol–water partition coefficient (Wildman–Crippen LogP) is 1.63. The molecule has 2 atom stereocenters. The highest BCUT2D eigenvalue weighted by Crippen LogP contribution is 2.19. The average Bonchev–Trinajstić information content (AvgIpc) is 2.16. The summed E-state index contributed by atoms with van der Waals surface area (Å²) >= 11 is 0. The van der Waals surface area contributed by atoms with Crippen LogP contribution in [0.1, 0.15) is 31.0 Å². The van der Waals surface area contributed by atoms with Crippen LogP contribution >= 0.6 is 0 Å². The maximum atomic E-state index is 9.37. The lowest BCUT2D eigenvalue weighted by Gasteiger charge is -2.18. The summed E-state index contributed by atoms with van der Waals surface area (Å²) in [4.78, 5) is 0. The van der Waals surface area contributed by atoms with E-state index < -0.39 is 6.10 Å². The molecule has 0 unspecified atom stereocenters. The van der Waals surface area contributed by atoms with Crippen LogP contribution in [0.25, 0.3) is 0 Å². The maximum absolute atomic E-state index is 9.37. The van der Waals surface area contributed by atoms with Crippen LogP contribution in [0.15, 0.2) is 24.3 Å². The topological polar surface area (TPSA) is 46.2 Å². The van der Waals surface area contributed by atoms with E-state index in [9.17, 15) is 5.11 Å². The molecule has 0 saturated carbocycles. The zero-order valence-corrected chi connectivity index (χ0v) is 8.20. The van der Waals surface area contributed by atoms with Crippen LogP contribution in [0.5, 0.6) is 0 Å². The van der Waals surface area contributed by atoms with Gasteiger partial charge in [-0.15, -0.1) is 0 Å². The Morgan fingerprint density at radius 3 is 2.54 bits per heavy atom. The van der Waals surface area contributed by atoms with Gasteiger partial charge in [-0.2, -0.15) is 0 Å². The fourth-order valence-corrected chi connectivity index (χ4v) is 1.44. The smallest absolute Gasteiger partial charge is 0.0704 e. The highest BCUT2D eigenvalue weighted by molar-refractivity contribution is 5.30. The highest BCUT2D eigenvalue weighted by Gasteiger charge is 2.13. The van der Waals surface area contributed by atoms with Crippen LogP contribution < -0.4 is 5.73 Å². The van der Waals surface area contributed by atoms with E-state index in [4.69, 9.17) is 5.73 Å². The van der Waals surface area contributed by atoms with Gasteiger partial charge in [0.1, 0.15) is 0 Å².